The number of benzene rings is 3. The van der Waals surface area contributed by atoms with Crippen LogP contribution in [-0.4, -0.2) is 15.6 Å². The highest BCUT2D eigenvalue weighted by Crippen LogP contribution is 2.45. The van der Waals surface area contributed by atoms with Crippen LogP contribution in [0.5, 0.6) is 0 Å². The van der Waals surface area contributed by atoms with Crippen LogP contribution in [0.1, 0.15) is 10.4 Å². The number of thioether (sulfide) groups is 1. The van der Waals surface area contributed by atoms with E-state index in [2.05, 4.69) is 33.4 Å². The van der Waals surface area contributed by atoms with Crippen molar-refractivity contribution in [1.82, 2.24) is 9.78 Å². The van der Waals surface area contributed by atoms with E-state index in [9.17, 15) is 4.79 Å². The molecule has 0 saturated heterocycles. The van der Waals surface area contributed by atoms with Gasteiger partial charge in [0, 0.05) is 38.3 Å². The standard InChI is InChI=1S/C24H16BrN3OS/c25-17-12-10-16(11-13-17)21(29)15-24-28-20(19-8-4-5-9-22(19)30-24)14-23(27-28)26-18-6-2-1-3-7-18/h1-15H,(H,26,27)/b24-15+. The minimum absolute atomic E-state index is 0.0524. The zero-order valence-corrected chi connectivity index (χ0v) is 18.2. The molecule has 6 heteroatoms. The molecule has 146 valence electrons. The van der Waals surface area contributed by atoms with E-state index in [1.807, 2.05) is 77.5 Å². The number of nitrogens with one attached hydrogen (secondary N) is 1. The van der Waals surface area contributed by atoms with Gasteiger partial charge in [-0.25, -0.2) is 4.68 Å². The van der Waals surface area contributed by atoms with E-state index in [0.717, 1.165) is 37.2 Å². The third-order valence-corrected chi connectivity index (χ3v) is 6.33. The molecule has 0 atom stereocenters. The molecule has 1 aliphatic heterocycles. The fourth-order valence-corrected chi connectivity index (χ4v) is 4.61. The molecule has 4 nitrogen and oxygen atoms in total. The van der Waals surface area contributed by atoms with Gasteiger partial charge in [0.2, 0.25) is 0 Å². The first-order chi connectivity index (χ1) is 14.7. The lowest BCUT2D eigenvalue weighted by Gasteiger charge is -2.19. The number of halogens is 1. The second kappa shape index (κ2) is 7.97. The van der Waals surface area contributed by atoms with Crippen LogP contribution in [0, 0.1) is 0 Å². The van der Waals surface area contributed by atoms with Crippen LogP contribution >= 0.6 is 27.7 Å². The van der Waals surface area contributed by atoms with E-state index in [-0.39, 0.29) is 5.78 Å². The minimum atomic E-state index is -0.0524. The summed E-state index contributed by atoms with van der Waals surface area (Å²) >= 11 is 4.96. The van der Waals surface area contributed by atoms with Gasteiger partial charge in [0.05, 0.1) is 5.69 Å². The number of fused-ring (bicyclic) bond motifs is 3. The first-order valence-electron chi connectivity index (χ1n) is 9.39. The fraction of sp³-hybridized carbons (Fsp3) is 0. The first-order valence-corrected chi connectivity index (χ1v) is 11.0. The molecule has 1 N–H and O–H groups in total. The number of rotatable bonds is 4. The Kier molecular flexibility index (Phi) is 5.02. The minimum Gasteiger partial charge on any atom is -0.339 e. The van der Waals surface area contributed by atoms with E-state index >= 15 is 0 Å². The lowest BCUT2D eigenvalue weighted by Crippen LogP contribution is -2.07. The van der Waals surface area contributed by atoms with Gasteiger partial charge < -0.3 is 5.32 Å². The van der Waals surface area contributed by atoms with Gasteiger partial charge >= 0.3 is 0 Å². The normalized spacial score (nSPS) is 13.6. The highest BCUT2D eigenvalue weighted by Gasteiger charge is 2.23. The Morgan fingerprint density at radius 3 is 2.50 bits per heavy atom. The van der Waals surface area contributed by atoms with Crippen molar-refractivity contribution in [1.29, 1.82) is 0 Å². The summed E-state index contributed by atoms with van der Waals surface area (Å²) in [5.41, 5.74) is 3.66. The van der Waals surface area contributed by atoms with Crippen LogP contribution in [0.3, 0.4) is 0 Å². The SMILES string of the molecule is O=C(/C=C1/Sc2ccccc2-c2cc(Nc3ccccc3)nn21)c1ccc(Br)cc1. The van der Waals surface area contributed by atoms with Gasteiger partial charge in [-0.05, 0) is 42.5 Å². The van der Waals surface area contributed by atoms with Gasteiger partial charge in [0.15, 0.2) is 11.6 Å². The summed E-state index contributed by atoms with van der Waals surface area (Å²) in [6.45, 7) is 0. The average Bonchev–Trinajstić information content (AvgIpc) is 3.19. The zero-order chi connectivity index (χ0) is 20.5. The Balaban J connectivity index is 1.56. The van der Waals surface area contributed by atoms with Crippen molar-refractivity contribution in [3.63, 3.8) is 0 Å². The van der Waals surface area contributed by atoms with Crippen LogP contribution in [-0.2, 0) is 0 Å². The van der Waals surface area contributed by atoms with Crippen LogP contribution in [0.2, 0.25) is 0 Å². The smallest absolute Gasteiger partial charge is 0.188 e. The Labute approximate surface area is 186 Å². The van der Waals surface area contributed by atoms with Crippen LogP contribution in [0.25, 0.3) is 16.3 Å². The summed E-state index contributed by atoms with van der Waals surface area (Å²) in [5, 5.41) is 8.86. The predicted molar refractivity (Wildman–Crippen MR) is 126 cm³/mol. The molecule has 5 rings (SSSR count). The molecule has 4 aromatic rings. The zero-order valence-electron chi connectivity index (χ0n) is 15.7. The maximum atomic E-state index is 12.9. The van der Waals surface area contributed by atoms with Crippen molar-refractivity contribution in [2.24, 2.45) is 0 Å². The molecule has 0 fully saturated rings. The van der Waals surface area contributed by atoms with Crippen LogP contribution in [0.4, 0.5) is 11.5 Å². The molecule has 0 radical (unpaired) electrons. The number of anilines is 2. The molecular weight excluding hydrogens is 458 g/mol. The van der Waals surface area contributed by atoms with Gasteiger partial charge in [-0.15, -0.1) is 5.10 Å². The highest BCUT2D eigenvalue weighted by molar-refractivity contribution is 9.10. The fourth-order valence-electron chi connectivity index (χ4n) is 3.29. The number of allylic oxidation sites excluding steroid dienone is 1. The van der Waals surface area contributed by atoms with E-state index < -0.39 is 0 Å². The van der Waals surface area contributed by atoms with E-state index in [1.54, 1.807) is 17.8 Å². The lowest BCUT2D eigenvalue weighted by molar-refractivity contribution is 0.104. The van der Waals surface area contributed by atoms with Gasteiger partial charge in [-0.2, -0.15) is 0 Å². The molecule has 30 heavy (non-hydrogen) atoms. The van der Waals surface area contributed by atoms with E-state index in [0.29, 0.717) is 5.56 Å². The average molecular weight is 474 g/mol. The molecule has 1 aromatic heterocycles. The third-order valence-electron chi connectivity index (χ3n) is 4.73. The summed E-state index contributed by atoms with van der Waals surface area (Å²) in [7, 11) is 0. The van der Waals surface area contributed by atoms with Crippen molar-refractivity contribution >= 4 is 50.0 Å². The van der Waals surface area contributed by atoms with Gasteiger partial charge in [0.25, 0.3) is 0 Å². The number of nitrogens with zero attached hydrogens (tertiary/aromatic N) is 2. The molecule has 0 bridgehead atoms. The number of hydrogen-bond acceptors (Lipinski definition) is 4. The Bertz CT molecular complexity index is 1260. The van der Waals surface area contributed by atoms with Crippen LogP contribution < -0.4 is 5.32 Å². The molecule has 1 aliphatic rings. The Morgan fingerprint density at radius 1 is 0.967 bits per heavy atom. The van der Waals surface area contributed by atoms with Crippen molar-refractivity contribution < 1.29 is 4.79 Å². The summed E-state index contributed by atoms with van der Waals surface area (Å²) in [6.07, 6.45) is 1.66. The topological polar surface area (TPSA) is 46.9 Å². The van der Waals surface area contributed by atoms with Crippen LogP contribution in [0.15, 0.2) is 100 Å². The summed E-state index contributed by atoms with van der Waals surface area (Å²) in [4.78, 5) is 14.0. The number of ketones is 1. The highest BCUT2D eigenvalue weighted by atomic mass is 79.9. The number of carbonyl (C=O) groups is 1. The molecule has 2 heterocycles. The molecule has 0 saturated carbocycles. The van der Waals surface area contributed by atoms with Crippen molar-refractivity contribution in [3.8, 4) is 11.3 Å². The number of aromatic nitrogens is 2. The summed E-state index contributed by atoms with van der Waals surface area (Å²) in [6, 6.07) is 27.5. The summed E-state index contributed by atoms with van der Waals surface area (Å²) in [5.74, 6) is 0.680. The monoisotopic (exact) mass is 473 g/mol. The van der Waals surface area contributed by atoms with E-state index in [4.69, 9.17) is 5.10 Å². The maximum absolute atomic E-state index is 12.9. The predicted octanol–water partition coefficient (Wildman–Crippen LogP) is 6.84. The lowest BCUT2D eigenvalue weighted by atomic mass is 10.1. The Morgan fingerprint density at radius 2 is 1.70 bits per heavy atom. The molecule has 0 aliphatic carbocycles. The van der Waals surface area contributed by atoms with E-state index in [1.165, 1.54) is 0 Å². The molecular formula is C24H16BrN3OS. The molecule has 0 unspecified atom stereocenters. The number of hydrogen-bond donors (Lipinski definition) is 1. The maximum Gasteiger partial charge on any atom is 0.188 e. The molecule has 3 aromatic carbocycles. The van der Waals surface area contributed by atoms with Crippen molar-refractivity contribution in [3.05, 3.63) is 101 Å². The summed E-state index contributed by atoms with van der Waals surface area (Å²) < 4.78 is 2.79. The molecule has 0 spiro atoms. The Hall–Kier alpha value is -3.09. The quantitative estimate of drug-likeness (QED) is 0.260. The number of carbonyl (C=O) groups excluding carboxylic acids is 1. The largest absolute Gasteiger partial charge is 0.339 e. The third kappa shape index (κ3) is 3.72. The van der Waals surface area contributed by atoms with Crippen molar-refractivity contribution in [2.75, 3.05) is 5.32 Å². The van der Waals surface area contributed by atoms with Gasteiger partial charge in [0.1, 0.15) is 5.03 Å². The molecule has 0 amide bonds. The second-order valence-electron chi connectivity index (χ2n) is 6.77. The first kappa shape index (κ1) is 18.9. The van der Waals surface area contributed by atoms with Gasteiger partial charge in [-0.3, -0.25) is 4.79 Å². The van der Waals surface area contributed by atoms with Gasteiger partial charge in [-0.1, -0.05) is 64.1 Å². The number of para-hydroxylation sites is 1. The second-order valence-corrected chi connectivity index (χ2v) is 8.75. The van der Waals surface area contributed by atoms with Crippen molar-refractivity contribution in [2.45, 2.75) is 4.90 Å².